The molecule has 0 atom stereocenters. The Morgan fingerprint density at radius 3 is 2.42 bits per heavy atom. The molecule has 2 rings (SSSR count). The molecule has 0 aliphatic heterocycles. The van der Waals surface area contributed by atoms with E-state index in [1.54, 1.807) is 63.4 Å². The number of halogens is 1. The summed E-state index contributed by atoms with van der Waals surface area (Å²) in [6, 6.07) is 12.1. The van der Waals surface area contributed by atoms with E-state index in [1.165, 1.54) is 0 Å². The van der Waals surface area contributed by atoms with Gasteiger partial charge in [0.05, 0.1) is 11.4 Å². The number of nitrogens with two attached hydrogens (primary N) is 1. The molecule has 4 N–H and O–H groups in total. The Bertz CT molecular complexity index is 849. The van der Waals surface area contributed by atoms with Gasteiger partial charge in [-0.25, -0.2) is 23.1 Å². The topological polar surface area (TPSA) is 109 Å². The number of benzene rings is 1. The molecule has 0 spiro atoms. The lowest BCUT2D eigenvalue weighted by atomic mass is 10.1. The first kappa shape index (κ1) is 22.3. The molecule has 0 unspecified atom stereocenters. The second-order valence-corrected chi connectivity index (χ2v) is 8.16. The minimum atomic E-state index is -3.65. The van der Waals surface area contributed by atoms with Gasteiger partial charge in [-0.15, -0.1) is 24.0 Å². The number of anilines is 1. The Morgan fingerprint density at radius 1 is 1.15 bits per heavy atom. The van der Waals surface area contributed by atoms with Crippen molar-refractivity contribution in [1.29, 1.82) is 0 Å². The maximum atomic E-state index is 12.6. The van der Waals surface area contributed by atoms with Crippen molar-refractivity contribution in [1.82, 2.24) is 9.71 Å². The smallest absolute Gasteiger partial charge is 0.241 e. The Balaban J connectivity index is 0.00000338. The lowest BCUT2D eigenvalue weighted by Gasteiger charge is -2.21. The quantitative estimate of drug-likeness (QED) is 0.340. The molecule has 0 aliphatic rings. The van der Waals surface area contributed by atoms with E-state index in [2.05, 4.69) is 20.0 Å². The van der Waals surface area contributed by atoms with Crippen LogP contribution in [0.25, 0.3) is 0 Å². The standard InChI is InChI=1S/C17H23N5O2S.HI/c1-17(2,3)22-25(23,24)14-9-5-4-8-13(14)12-20-16(18)21-15-10-6-7-11-19-15;/h4-11,22H,12H2,1-3H3,(H3,18,19,20,21);1H. The highest BCUT2D eigenvalue weighted by Crippen LogP contribution is 2.18. The van der Waals surface area contributed by atoms with Gasteiger partial charge in [-0.3, -0.25) is 0 Å². The third-order valence-electron chi connectivity index (χ3n) is 3.04. The van der Waals surface area contributed by atoms with Crippen molar-refractivity contribution in [3.63, 3.8) is 0 Å². The molecule has 1 heterocycles. The van der Waals surface area contributed by atoms with Gasteiger partial charge in [-0.1, -0.05) is 24.3 Å². The minimum Gasteiger partial charge on any atom is -0.370 e. The van der Waals surface area contributed by atoms with Gasteiger partial charge in [0.15, 0.2) is 5.96 Å². The molecule has 1 aromatic heterocycles. The van der Waals surface area contributed by atoms with Gasteiger partial charge in [-0.2, -0.15) is 0 Å². The Morgan fingerprint density at radius 2 is 1.81 bits per heavy atom. The summed E-state index contributed by atoms with van der Waals surface area (Å²) in [7, 11) is -3.65. The molecular weight excluding hydrogens is 465 g/mol. The second-order valence-electron chi connectivity index (χ2n) is 6.50. The number of rotatable bonds is 5. The first-order valence-electron chi connectivity index (χ1n) is 7.77. The summed E-state index contributed by atoms with van der Waals surface area (Å²) in [5, 5.41) is 2.86. The van der Waals surface area contributed by atoms with Crippen molar-refractivity contribution in [3.05, 3.63) is 54.2 Å². The van der Waals surface area contributed by atoms with Crippen molar-refractivity contribution in [3.8, 4) is 0 Å². The zero-order valence-corrected chi connectivity index (χ0v) is 18.1. The van der Waals surface area contributed by atoms with E-state index in [1.807, 2.05) is 6.07 Å². The van der Waals surface area contributed by atoms with Crippen LogP contribution >= 0.6 is 24.0 Å². The van der Waals surface area contributed by atoms with E-state index >= 15 is 0 Å². The molecule has 0 bridgehead atoms. The summed E-state index contributed by atoms with van der Waals surface area (Å²) in [5.74, 6) is 0.730. The highest BCUT2D eigenvalue weighted by Gasteiger charge is 2.24. The number of pyridine rings is 1. The molecule has 9 heteroatoms. The number of aromatic nitrogens is 1. The van der Waals surface area contributed by atoms with Crippen LogP contribution in [0.4, 0.5) is 5.82 Å². The van der Waals surface area contributed by atoms with Crippen LogP contribution in [0.15, 0.2) is 58.5 Å². The maximum Gasteiger partial charge on any atom is 0.241 e. The monoisotopic (exact) mass is 489 g/mol. The molecule has 0 radical (unpaired) electrons. The third kappa shape index (κ3) is 6.89. The van der Waals surface area contributed by atoms with Gasteiger partial charge in [0, 0.05) is 11.7 Å². The zero-order chi connectivity index (χ0) is 18.5. The normalized spacial score (nSPS) is 12.3. The second kappa shape index (κ2) is 9.28. The Hall–Kier alpha value is -1.72. The average Bonchev–Trinajstić information content (AvgIpc) is 2.52. The van der Waals surface area contributed by atoms with Gasteiger partial charge in [0.1, 0.15) is 5.82 Å². The molecule has 26 heavy (non-hydrogen) atoms. The van der Waals surface area contributed by atoms with E-state index < -0.39 is 15.6 Å². The van der Waals surface area contributed by atoms with Crippen LogP contribution in [0.2, 0.25) is 0 Å². The van der Waals surface area contributed by atoms with Crippen LogP contribution < -0.4 is 15.8 Å². The van der Waals surface area contributed by atoms with Gasteiger partial charge >= 0.3 is 0 Å². The predicted octanol–water partition coefficient (Wildman–Crippen LogP) is 2.70. The SMILES string of the molecule is CC(C)(C)NS(=O)(=O)c1ccccc1CN=C(N)Nc1ccccn1.I. The molecule has 142 valence electrons. The predicted molar refractivity (Wildman–Crippen MR) is 115 cm³/mol. The number of guanidine groups is 1. The molecule has 2 aromatic rings. The fraction of sp³-hybridized carbons (Fsp3) is 0.294. The van der Waals surface area contributed by atoms with Gasteiger partial charge in [0.2, 0.25) is 10.0 Å². The van der Waals surface area contributed by atoms with Crippen molar-refractivity contribution in [2.45, 2.75) is 37.8 Å². The lowest BCUT2D eigenvalue weighted by molar-refractivity contribution is 0.491. The Labute approximate surface area is 171 Å². The summed E-state index contributed by atoms with van der Waals surface area (Å²) in [4.78, 5) is 8.50. The zero-order valence-electron chi connectivity index (χ0n) is 14.9. The number of aliphatic imine (C=N–C) groups is 1. The van der Waals surface area contributed by atoms with Crippen LogP contribution in [-0.4, -0.2) is 24.9 Å². The number of hydrogen-bond acceptors (Lipinski definition) is 4. The lowest BCUT2D eigenvalue weighted by Crippen LogP contribution is -2.40. The molecule has 7 nitrogen and oxygen atoms in total. The highest BCUT2D eigenvalue weighted by molar-refractivity contribution is 14.0. The van der Waals surface area contributed by atoms with E-state index in [9.17, 15) is 8.42 Å². The molecule has 1 aromatic carbocycles. The number of sulfonamides is 1. The van der Waals surface area contributed by atoms with Crippen LogP contribution in [-0.2, 0) is 16.6 Å². The average molecular weight is 489 g/mol. The van der Waals surface area contributed by atoms with Gasteiger partial charge in [0.25, 0.3) is 0 Å². The number of hydrogen-bond donors (Lipinski definition) is 3. The number of nitrogens with zero attached hydrogens (tertiary/aromatic N) is 2. The summed E-state index contributed by atoms with van der Waals surface area (Å²) in [5.41, 5.74) is 5.83. The van der Waals surface area contributed by atoms with Crippen molar-refractivity contribution >= 4 is 45.8 Å². The van der Waals surface area contributed by atoms with E-state index in [0.717, 1.165) is 0 Å². The fourth-order valence-electron chi connectivity index (χ4n) is 2.13. The highest BCUT2D eigenvalue weighted by atomic mass is 127. The third-order valence-corrected chi connectivity index (χ3v) is 4.90. The first-order chi connectivity index (χ1) is 11.7. The van der Waals surface area contributed by atoms with Gasteiger partial charge < -0.3 is 11.1 Å². The van der Waals surface area contributed by atoms with E-state index in [4.69, 9.17) is 5.73 Å². The van der Waals surface area contributed by atoms with Crippen LogP contribution in [0.3, 0.4) is 0 Å². The van der Waals surface area contributed by atoms with Crippen LogP contribution in [0.1, 0.15) is 26.3 Å². The van der Waals surface area contributed by atoms with E-state index in [0.29, 0.717) is 11.4 Å². The summed E-state index contributed by atoms with van der Waals surface area (Å²) >= 11 is 0. The minimum absolute atomic E-state index is 0. The molecular formula is C17H24IN5O2S. The van der Waals surface area contributed by atoms with E-state index in [-0.39, 0.29) is 41.4 Å². The summed E-state index contributed by atoms with van der Waals surface area (Å²) in [6.07, 6.45) is 1.63. The molecule has 0 fully saturated rings. The number of nitrogens with one attached hydrogen (secondary N) is 2. The van der Waals surface area contributed by atoms with Crippen LogP contribution in [0.5, 0.6) is 0 Å². The van der Waals surface area contributed by atoms with Crippen molar-refractivity contribution in [2.75, 3.05) is 5.32 Å². The molecule has 0 aliphatic carbocycles. The molecule has 0 saturated heterocycles. The Kier molecular flexibility index (Phi) is 7.97. The fourth-order valence-corrected chi connectivity index (χ4v) is 3.78. The van der Waals surface area contributed by atoms with Crippen molar-refractivity contribution in [2.24, 2.45) is 10.7 Å². The van der Waals surface area contributed by atoms with Gasteiger partial charge in [-0.05, 0) is 44.5 Å². The summed E-state index contributed by atoms with van der Waals surface area (Å²) in [6.45, 7) is 5.51. The summed E-state index contributed by atoms with van der Waals surface area (Å²) < 4.78 is 27.8. The van der Waals surface area contributed by atoms with Crippen LogP contribution in [0, 0.1) is 0 Å². The maximum absolute atomic E-state index is 12.6. The molecule has 0 amide bonds. The first-order valence-corrected chi connectivity index (χ1v) is 9.25. The largest absolute Gasteiger partial charge is 0.370 e. The van der Waals surface area contributed by atoms with Crippen molar-refractivity contribution < 1.29 is 8.42 Å². The molecule has 0 saturated carbocycles.